The second-order valence-corrected chi connectivity index (χ2v) is 3.36. The number of aromatic nitrogens is 3. The van der Waals surface area contributed by atoms with Crippen LogP contribution in [0.4, 0.5) is 11.9 Å². The van der Waals surface area contributed by atoms with E-state index in [2.05, 4.69) is 15.0 Å². The number of rotatable bonds is 1. The standard InChI is InChI=1S/C8H13N5O/c9-7-10-5-11-8(12-7)13-3-1-6(14)2-4-13/h5-6,14H,1-4H2,(H2,9,10,11,12). The van der Waals surface area contributed by atoms with E-state index in [0.29, 0.717) is 5.95 Å². The minimum atomic E-state index is -0.189. The third kappa shape index (κ3) is 1.90. The first-order valence-electron chi connectivity index (χ1n) is 4.63. The first-order valence-corrected chi connectivity index (χ1v) is 4.63. The fourth-order valence-corrected chi connectivity index (χ4v) is 1.52. The summed E-state index contributed by atoms with van der Waals surface area (Å²) in [6, 6.07) is 0. The van der Waals surface area contributed by atoms with Gasteiger partial charge in [-0.15, -0.1) is 0 Å². The van der Waals surface area contributed by atoms with Gasteiger partial charge in [0.25, 0.3) is 0 Å². The monoisotopic (exact) mass is 195 g/mol. The SMILES string of the molecule is Nc1ncnc(N2CCC(O)CC2)n1. The van der Waals surface area contributed by atoms with Gasteiger partial charge in [0.05, 0.1) is 6.10 Å². The molecule has 1 aliphatic rings. The number of piperidine rings is 1. The molecule has 0 spiro atoms. The van der Waals surface area contributed by atoms with Crippen molar-refractivity contribution in [1.82, 2.24) is 15.0 Å². The van der Waals surface area contributed by atoms with Crippen LogP contribution in [0, 0.1) is 0 Å². The maximum absolute atomic E-state index is 9.32. The zero-order valence-electron chi connectivity index (χ0n) is 7.80. The first-order chi connectivity index (χ1) is 6.75. The van der Waals surface area contributed by atoms with Crippen molar-refractivity contribution in [2.75, 3.05) is 23.7 Å². The van der Waals surface area contributed by atoms with Crippen LogP contribution in [0.5, 0.6) is 0 Å². The van der Waals surface area contributed by atoms with E-state index in [1.807, 2.05) is 4.90 Å². The van der Waals surface area contributed by atoms with Crippen LogP contribution < -0.4 is 10.6 Å². The summed E-state index contributed by atoms with van der Waals surface area (Å²) in [5.74, 6) is 0.838. The number of anilines is 2. The molecule has 1 aromatic heterocycles. The average molecular weight is 195 g/mol. The second-order valence-electron chi connectivity index (χ2n) is 3.36. The number of nitrogens with zero attached hydrogens (tertiary/aromatic N) is 4. The molecule has 3 N–H and O–H groups in total. The summed E-state index contributed by atoms with van der Waals surface area (Å²) in [6.07, 6.45) is 2.73. The Morgan fingerprint density at radius 1 is 1.36 bits per heavy atom. The zero-order valence-corrected chi connectivity index (χ0v) is 7.80. The van der Waals surface area contributed by atoms with Crippen molar-refractivity contribution in [3.05, 3.63) is 6.33 Å². The summed E-state index contributed by atoms with van der Waals surface area (Å²) in [5.41, 5.74) is 5.45. The second kappa shape index (κ2) is 3.75. The molecule has 6 heteroatoms. The Bertz CT molecular complexity index is 310. The summed E-state index contributed by atoms with van der Waals surface area (Å²) >= 11 is 0. The molecular weight excluding hydrogens is 182 g/mol. The van der Waals surface area contributed by atoms with Gasteiger partial charge in [-0.3, -0.25) is 0 Å². The Morgan fingerprint density at radius 2 is 2.07 bits per heavy atom. The predicted octanol–water partition coefficient (Wildman–Crippen LogP) is -0.585. The molecule has 6 nitrogen and oxygen atoms in total. The first kappa shape index (κ1) is 9.14. The van der Waals surface area contributed by atoms with Crippen LogP contribution in [-0.2, 0) is 0 Å². The van der Waals surface area contributed by atoms with E-state index in [-0.39, 0.29) is 12.1 Å². The third-order valence-corrected chi connectivity index (χ3v) is 2.33. The van der Waals surface area contributed by atoms with Crippen LogP contribution in [-0.4, -0.2) is 39.3 Å². The van der Waals surface area contributed by atoms with Crippen LogP contribution in [0.2, 0.25) is 0 Å². The molecule has 14 heavy (non-hydrogen) atoms. The highest BCUT2D eigenvalue weighted by molar-refractivity contribution is 5.33. The molecule has 1 aliphatic heterocycles. The minimum Gasteiger partial charge on any atom is -0.393 e. The molecule has 0 bridgehead atoms. The number of hydrogen-bond acceptors (Lipinski definition) is 6. The van der Waals surface area contributed by atoms with Gasteiger partial charge in [-0.1, -0.05) is 0 Å². The van der Waals surface area contributed by atoms with Gasteiger partial charge in [-0.2, -0.15) is 4.98 Å². The molecule has 1 fully saturated rings. The van der Waals surface area contributed by atoms with E-state index in [0.717, 1.165) is 25.9 Å². The van der Waals surface area contributed by atoms with Crippen LogP contribution in [0.1, 0.15) is 12.8 Å². The summed E-state index contributed by atoms with van der Waals surface area (Å²) in [5, 5.41) is 9.32. The normalized spacial score (nSPS) is 18.5. The Hall–Kier alpha value is -1.43. The molecule has 2 rings (SSSR count). The molecule has 0 atom stereocenters. The van der Waals surface area contributed by atoms with Crippen LogP contribution in [0.3, 0.4) is 0 Å². The number of hydrogen-bond donors (Lipinski definition) is 2. The van der Waals surface area contributed by atoms with E-state index in [9.17, 15) is 5.11 Å². The van der Waals surface area contributed by atoms with Gasteiger partial charge in [0.15, 0.2) is 0 Å². The molecule has 0 unspecified atom stereocenters. The van der Waals surface area contributed by atoms with Gasteiger partial charge in [0.2, 0.25) is 11.9 Å². The van der Waals surface area contributed by atoms with Crippen LogP contribution >= 0.6 is 0 Å². The Labute approximate surface area is 81.8 Å². The molecule has 0 radical (unpaired) electrons. The maximum Gasteiger partial charge on any atom is 0.230 e. The fraction of sp³-hybridized carbons (Fsp3) is 0.625. The van der Waals surface area contributed by atoms with Gasteiger partial charge in [-0.05, 0) is 12.8 Å². The lowest BCUT2D eigenvalue weighted by atomic mass is 10.1. The lowest BCUT2D eigenvalue weighted by molar-refractivity contribution is 0.145. The lowest BCUT2D eigenvalue weighted by Crippen LogP contribution is -2.37. The summed E-state index contributed by atoms with van der Waals surface area (Å²) in [6.45, 7) is 1.54. The largest absolute Gasteiger partial charge is 0.393 e. The molecule has 0 aliphatic carbocycles. The smallest absolute Gasteiger partial charge is 0.230 e. The molecule has 0 aromatic carbocycles. The molecular formula is C8H13N5O. The van der Waals surface area contributed by atoms with Crippen molar-refractivity contribution in [2.24, 2.45) is 0 Å². The fourth-order valence-electron chi connectivity index (χ4n) is 1.52. The van der Waals surface area contributed by atoms with Crippen molar-refractivity contribution in [2.45, 2.75) is 18.9 Å². The third-order valence-electron chi connectivity index (χ3n) is 2.33. The number of aliphatic hydroxyl groups is 1. The summed E-state index contributed by atoms with van der Waals surface area (Å²) in [4.78, 5) is 13.8. The highest BCUT2D eigenvalue weighted by atomic mass is 16.3. The number of nitrogen functional groups attached to an aromatic ring is 1. The van der Waals surface area contributed by atoms with E-state index >= 15 is 0 Å². The van der Waals surface area contributed by atoms with Gasteiger partial charge >= 0.3 is 0 Å². The van der Waals surface area contributed by atoms with E-state index < -0.39 is 0 Å². The van der Waals surface area contributed by atoms with Gasteiger partial charge in [-0.25, -0.2) is 9.97 Å². The summed E-state index contributed by atoms with van der Waals surface area (Å²) < 4.78 is 0. The van der Waals surface area contributed by atoms with Crippen molar-refractivity contribution in [3.63, 3.8) is 0 Å². The highest BCUT2D eigenvalue weighted by Crippen LogP contribution is 2.15. The minimum absolute atomic E-state index is 0.189. The van der Waals surface area contributed by atoms with Gasteiger partial charge in [0.1, 0.15) is 6.33 Å². The Kier molecular flexibility index (Phi) is 2.45. The van der Waals surface area contributed by atoms with Crippen LogP contribution in [0.15, 0.2) is 6.33 Å². The number of nitrogens with two attached hydrogens (primary N) is 1. The molecule has 0 amide bonds. The van der Waals surface area contributed by atoms with Gasteiger partial charge < -0.3 is 15.7 Å². The van der Waals surface area contributed by atoms with Crippen molar-refractivity contribution in [3.8, 4) is 0 Å². The summed E-state index contributed by atoms with van der Waals surface area (Å²) in [7, 11) is 0. The molecule has 1 saturated heterocycles. The van der Waals surface area contributed by atoms with Crippen LogP contribution in [0.25, 0.3) is 0 Å². The maximum atomic E-state index is 9.32. The Morgan fingerprint density at radius 3 is 2.71 bits per heavy atom. The van der Waals surface area contributed by atoms with E-state index in [1.54, 1.807) is 0 Å². The van der Waals surface area contributed by atoms with Crippen molar-refractivity contribution < 1.29 is 5.11 Å². The quantitative estimate of drug-likeness (QED) is 0.623. The highest BCUT2D eigenvalue weighted by Gasteiger charge is 2.18. The van der Waals surface area contributed by atoms with E-state index in [1.165, 1.54) is 6.33 Å². The molecule has 2 heterocycles. The number of aliphatic hydroxyl groups excluding tert-OH is 1. The van der Waals surface area contributed by atoms with E-state index in [4.69, 9.17) is 5.73 Å². The average Bonchev–Trinajstić information content (AvgIpc) is 2.19. The lowest BCUT2D eigenvalue weighted by Gasteiger charge is -2.29. The topological polar surface area (TPSA) is 88.2 Å². The van der Waals surface area contributed by atoms with Crippen molar-refractivity contribution >= 4 is 11.9 Å². The molecule has 0 saturated carbocycles. The predicted molar refractivity (Wildman–Crippen MR) is 51.7 cm³/mol. The molecule has 76 valence electrons. The zero-order chi connectivity index (χ0) is 9.97. The van der Waals surface area contributed by atoms with Gasteiger partial charge in [0, 0.05) is 13.1 Å². The molecule has 1 aromatic rings. The Balaban J connectivity index is 2.08. The van der Waals surface area contributed by atoms with Crippen molar-refractivity contribution in [1.29, 1.82) is 0 Å².